The Balaban J connectivity index is 2.20. The Kier molecular flexibility index (Phi) is 3.74. The highest BCUT2D eigenvalue weighted by Crippen LogP contribution is 2.38. The van der Waals surface area contributed by atoms with Crippen LogP contribution in [0.15, 0.2) is 24.3 Å². The minimum absolute atomic E-state index is 0.111. The molecule has 1 heterocycles. The number of rotatable bonds is 4. The predicted molar refractivity (Wildman–Crippen MR) is 66.8 cm³/mol. The second-order valence-electron chi connectivity index (χ2n) is 4.45. The molecule has 1 aromatic rings. The molecular formula is C14H16O5. The number of ether oxygens (including phenoxy) is 3. The van der Waals surface area contributed by atoms with Crippen molar-refractivity contribution in [3.05, 3.63) is 29.8 Å². The number of hydrogen-bond donors (Lipinski definition) is 0. The zero-order chi connectivity index (χ0) is 13.9. The molecule has 19 heavy (non-hydrogen) atoms. The molecule has 0 amide bonds. The van der Waals surface area contributed by atoms with Crippen molar-refractivity contribution in [1.82, 2.24) is 0 Å². The number of para-hydroxylation sites is 1. The molecule has 1 unspecified atom stereocenters. The van der Waals surface area contributed by atoms with Crippen molar-refractivity contribution in [2.45, 2.75) is 24.9 Å². The van der Waals surface area contributed by atoms with Gasteiger partial charge in [-0.3, -0.25) is 4.79 Å². The van der Waals surface area contributed by atoms with E-state index in [4.69, 9.17) is 9.47 Å². The summed E-state index contributed by atoms with van der Waals surface area (Å²) in [4.78, 5) is 23.3. The second-order valence-corrected chi connectivity index (χ2v) is 4.45. The maximum Gasteiger partial charge on any atom is 0.350 e. The van der Waals surface area contributed by atoms with E-state index in [1.165, 1.54) is 14.2 Å². The molecule has 1 aliphatic rings. The van der Waals surface area contributed by atoms with E-state index in [2.05, 4.69) is 4.74 Å². The Labute approximate surface area is 111 Å². The minimum Gasteiger partial charge on any atom is -0.475 e. The SMILES string of the molecule is COC(=O)CCC1(C(=O)OC)Cc2ccccc2O1. The number of methoxy groups -OCH3 is 2. The summed E-state index contributed by atoms with van der Waals surface area (Å²) in [5, 5.41) is 0. The van der Waals surface area contributed by atoms with Gasteiger partial charge in [-0.25, -0.2) is 4.79 Å². The van der Waals surface area contributed by atoms with Gasteiger partial charge < -0.3 is 14.2 Å². The van der Waals surface area contributed by atoms with Crippen LogP contribution in [-0.4, -0.2) is 31.8 Å². The van der Waals surface area contributed by atoms with Crippen LogP contribution in [0.3, 0.4) is 0 Å². The molecular weight excluding hydrogens is 248 g/mol. The largest absolute Gasteiger partial charge is 0.475 e. The molecule has 102 valence electrons. The second kappa shape index (κ2) is 5.30. The lowest BCUT2D eigenvalue weighted by Crippen LogP contribution is -2.44. The van der Waals surface area contributed by atoms with E-state index in [1.54, 1.807) is 6.07 Å². The van der Waals surface area contributed by atoms with E-state index in [-0.39, 0.29) is 18.8 Å². The fourth-order valence-corrected chi connectivity index (χ4v) is 2.25. The van der Waals surface area contributed by atoms with Crippen molar-refractivity contribution < 1.29 is 23.8 Å². The van der Waals surface area contributed by atoms with Gasteiger partial charge in [-0.05, 0) is 11.6 Å². The normalized spacial score (nSPS) is 20.3. The smallest absolute Gasteiger partial charge is 0.350 e. The van der Waals surface area contributed by atoms with Crippen molar-refractivity contribution in [2.75, 3.05) is 14.2 Å². The van der Waals surface area contributed by atoms with Gasteiger partial charge in [-0.2, -0.15) is 0 Å². The van der Waals surface area contributed by atoms with Crippen molar-refractivity contribution in [2.24, 2.45) is 0 Å². The molecule has 0 fully saturated rings. The quantitative estimate of drug-likeness (QED) is 0.771. The van der Waals surface area contributed by atoms with Gasteiger partial charge in [-0.1, -0.05) is 18.2 Å². The van der Waals surface area contributed by atoms with Gasteiger partial charge in [0.25, 0.3) is 0 Å². The van der Waals surface area contributed by atoms with E-state index in [0.717, 1.165) is 5.56 Å². The zero-order valence-electron chi connectivity index (χ0n) is 11.0. The van der Waals surface area contributed by atoms with Crippen molar-refractivity contribution in [1.29, 1.82) is 0 Å². The summed E-state index contributed by atoms with van der Waals surface area (Å²) >= 11 is 0. The molecule has 0 saturated carbocycles. The Morgan fingerprint density at radius 3 is 2.63 bits per heavy atom. The predicted octanol–water partition coefficient (Wildman–Crippen LogP) is 1.49. The van der Waals surface area contributed by atoms with Gasteiger partial charge in [0.15, 0.2) is 0 Å². The summed E-state index contributed by atoms with van der Waals surface area (Å²) in [7, 11) is 2.63. The fraction of sp³-hybridized carbons (Fsp3) is 0.429. The Morgan fingerprint density at radius 1 is 1.26 bits per heavy atom. The van der Waals surface area contributed by atoms with Crippen molar-refractivity contribution >= 4 is 11.9 Å². The van der Waals surface area contributed by atoms with Crippen molar-refractivity contribution in [3.63, 3.8) is 0 Å². The number of hydrogen-bond acceptors (Lipinski definition) is 5. The summed E-state index contributed by atoms with van der Waals surface area (Å²) in [6.07, 6.45) is 0.757. The zero-order valence-corrected chi connectivity index (χ0v) is 11.0. The lowest BCUT2D eigenvalue weighted by Gasteiger charge is -2.25. The average molecular weight is 264 g/mol. The first-order chi connectivity index (χ1) is 9.11. The molecule has 0 radical (unpaired) electrons. The molecule has 0 aliphatic carbocycles. The molecule has 5 nitrogen and oxygen atoms in total. The molecule has 1 aliphatic heterocycles. The highest BCUT2D eigenvalue weighted by atomic mass is 16.6. The summed E-state index contributed by atoms with van der Waals surface area (Å²) in [5.41, 5.74) is -0.176. The minimum atomic E-state index is -1.12. The highest BCUT2D eigenvalue weighted by Gasteiger charge is 2.47. The summed E-state index contributed by atoms with van der Waals surface area (Å²) < 4.78 is 15.2. The van der Waals surface area contributed by atoms with Crippen LogP contribution in [-0.2, 0) is 25.5 Å². The van der Waals surface area contributed by atoms with Crippen LogP contribution in [0.2, 0.25) is 0 Å². The van der Waals surface area contributed by atoms with Crippen LogP contribution in [0.5, 0.6) is 5.75 Å². The van der Waals surface area contributed by atoms with E-state index in [0.29, 0.717) is 12.2 Å². The third-order valence-corrected chi connectivity index (χ3v) is 3.27. The van der Waals surface area contributed by atoms with Crippen molar-refractivity contribution in [3.8, 4) is 5.75 Å². The maximum absolute atomic E-state index is 12.0. The van der Waals surface area contributed by atoms with Crippen LogP contribution in [0.25, 0.3) is 0 Å². The number of carbonyl (C=O) groups excluding carboxylic acids is 2. The van der Waals surface area contributed by atoms with Crippen LogP contribution in [0.4, 0.5) is 0 Å². The van der Waals surface area contributed by atoms with Crippen LogP contribution < -0.4 is 4.74 Å². The monoisotopic (exact) mass is 264 g/mol. The van der Waals surface area contributed by atoms with E-state index >= 15 is 0 Å². The standard InChI is InChI=1S/C14H16O5/c1-17-12(15)7-8-14(13(16)18-2)9-10-5-3-4-6-11(10)19-14/h3-6H,7-9H2,1-2H3. The molecule has 0 aromatic heterocycles. The average Bonchev–Trinajstić information content (AvgIpc) is 2.83. The molecule has 0 saturated heterocycles. The number of benzene rings is 1. The lowest BCUT2D eigenvalue weighted by molar-refractivity contribution is -0.159. The number of esters is 2. The van der Waals surface area contributed by atoms with Gasteiger partial charge in [-0.15, -0.1) is 0 Å². The van der Waals surface area contributed by atoms with Gasteiger partial charge in [0.1, 0.15) is 5.75 Å². The van der Waals surface area contributed by atoms with Crippen LogP contribution in [0, 0.1) is 0 Å². The Morgan fingerprint density at radius 2 is 2.00 bits per heavy atom. The molecule has 0 spiro atoms. The van der Waals surface area contributed by atoms with Gasteiger partial charge in [0.2, 0.25) is 5.60 Å². The van der Waals surface area contributed by atoms with Gasteiger partial charge in [0.05, 0.1) is 14.2 Å². The molecule has 2 rings (SSSR count). The fourth-order valence-electron chi connectivity index (χ4n) is 2.25. The maximum atomic E-state index is 12.0. The lowest BCUT2D eigenvalue weighted by atomic mass is 9.92. The molecule has 0 bridgehead atoms. The van der Waals surface area contributed by atoms with Gasteiger partial charge >= 0.3 is 11.9 Å². The van der Waals surface area contributed by atoms with Crippen LogP contribution in [0.1, 0.15) is 18.4 Å². The first-order valence-electron chi connectivity index (χ1n) is 6.03. The molecule has 0 N–H and O–H groups in total. The first-order valence-corrected chi connectivity index (χ1v) is 6.03. The first kappa shape index (κ1) is 13.4. The third-order valence-electron chi connectivity index (χ3n) is 3.27. The molecule has 1 aromatic carbocycles. The Hall–Kier alpha value is -2.04. The highest BCUT2D eigenvalue weighted by molar-refractivity contribution is 5.82. The molecule has 5 heteroatoms. The van der Waals surface area contributed by atoms with E-state index in [9.17, 15) is 9.59 Å². The number of carbonyl (C=O) groups is 2. The topological polar surface area (TPSA) is 61.8 Å². The number of fused-ring (bicyclic) bond motifs is 1. The third kappa shape index (κ3) is 2.54. The van der Waals surface area contributed by atoms with Crippen LogP contribution >= 0.6 is 0 Å². The molecule has 1 atom stereocenters. The van der Waals surface area contributed by atoms with E-state index < -0.39 is 11.6 Å². The summed E-state index contributed by atoms with van der Waals surface area (Å²) in [6, 6.07) is 7.43. The Bertz CT molecular complexity index is 469. The summed E-state index contributed by atoms with van der Waals surface area (Å²) in [6.45, 7) is 0. The van der Waals surface area contributed by atoms with Gasteiger partial charge in [0, 0.05) is 19.3 Å². The van der Waals surface area contributed by atoms with E-state index in [1.807, 2.05) is 18.2 Å². The summed E-state index contributed by atoms with van der Waals surface area (Å²) in [5.74, 6) is -0.173.